The molecule has 1 fully saturated rings. The van der Waals surface area contributed by atoms with Gasteiger partial charge in [0.05, 0.1) is 11.7 Å². The van der Waals surface area contributed by atoms with Crippen LogP contribution in [-0.4, -0.2) is 24.0 Å². The second-order valence-electron chi connectivity index (χ2n) is 5.39. The SMILES string of the molecule is CC1=NC2(c3ccc(C)cc3F)COCCC2CS1. The predicted molar refractivity (Wildman–Crippen MR) is 77.3 cm³/mol. The Labute approximate surface area is 117 Å². The second-order valence-corrected chi connectivity index (χ2v) is 6.60. The number of halogens is 1. The Hall–Kier alpha value is -0.870. The predicted octanol–water partition coefficient (Wildman–Crippen LogP) is 3.53. The Bertz CT molecular complexity index is 531. The van der Waals surface area contributed by atoms with Crippen LogP contribution in [0.15, 0.2) is 23.2 Å². The van der Waals surface area contributed by atoms with E-state index >= 15 is 0 Å². The first-order valence-electron chi connectivity index (χ1n) is 6.65. The molecule has 0 spiro atoms. The third-order valence-electron chi connectivity index (χ3n) is 4.05. The molecular weight excluding hydrogens is 261 g/mol. The molecule has 19 heavy (non-hydrogen) atoms. The molecule has 2 nitrogen and oxygen atoms in total. The van der Waals surface area contributed by atoms with Crippen molar-refractivity contribution in [3.05, 3.63) is 35.1 Å². The molecule has 4 heteroatoms. The Kier molecular flexibility index (Phi) is 3.39. The van der Waals surface area contributed by atoms with Crippen LogP contribution in [0.25, 0.3) is 0 Å². The van der Waals surface area contributed by atoms with Crippen molar-refractivity contribution in [2.75, 3.05) is 19.0 Å². The minimum atomic E-state index is -0.509. The van der Waals surface area contributed by atoms with Crippen molar-refractivity contribution in [3.8, 4) is 0 Å². The van der Waals surface area contributed by atoms with E-state index in [4.69, 9.17) is 9.73 Å². The fourth-order valence-electron chi connectivity index (χ4n) is 3.02. The molecule has 1 saturated heterocycles. The van der Waals surface area contributed by atoms with Gasteiger partial charge in [-0.05, 0) is 31.9 Å². The van der Waals surface area contributed by atoms with Crippen LogP contribution in [0.2, 0.25) is 0 Å². The van der Waals surface area contributed by atoms with E-state index in [1.54, 1.807) is 17.8 Å². The van der Waals surface area contributed by atoms with Crippen molar-refractivity contribution in [2.45, 2.75) is 25.8 Å². The molecule has 1 aromatic carbocycles. The number of thioether (sulfide) groups is 1. The van der Waals surface area contributed by atoms with Gasteiger partial charge in [-0.1, -0.05) is 12.1 Å². The molecule has 0 N–H and O–H groups in total. The van der Waals surface area contributed by atoms with Crippen molar-refractivity contribution in [1.29, 1.82) is 0 Å². The van der Waals surface area contributed by atoms with Crippen LogP contribution in [-0.2, 0) is 10.3 Å². The summed E-state index contributed by atoms with van der Waals surface area (Å²) in [5.74, 6) is 1.22. The van der Waals surface area contributed by atoms with Gasteiger partial charge < -0.3 is 4.74 Å². The van der Waals surface area contributed by atoms with Crippen LogP contribution in [0, 0.1) is 18.7 Å². The molecule has 2 atom stereocenters. The number of rotatable bonds is 1. The number of hydrogen-bond donors (Lipinski definition) is 0. The number of benzene rings is 1. The lowest BCUT2D eigenvalue weighted by molar-refractivity contribution is 0.00304. The number of aryl methyl sites for hydroxylation is 1. The summed E-state index contributed by atoms with van der Waals surface area (Å²) in [4.78, 5) is 4.81. The Morgan fingerprint density at radius 2 is 2.26 bits per heavy atom. The van der Waals surface area contributed by atoms with Crippen LogP contribution < -0.4 is 0 Å². The first kappa shape index (κ1) is 13.1. The highest BCUT2D eigenvalue weighted by atomic mass is 32.2. The summed E-state index contributed by atoms with van der Waals surface area (Å²) >= 11 is 1.78. The third-order valence-corrected chi connectivity index (χ3v) is 5.13. The summed E-state index contributed by atoms with van der Waals surface area (Å²) in [6, 6.07) is 5.45. The van der Waals surface area contributed by atoms with Gasteiger partial charge in [-0.25, -0.2) is 4.39 Å². The fraction of sp³-hybridized carbons (Fsp3) is 0.533. The summed E-state index contributed by atoms with van der Waals surface area (Å²) in [5.41, 5.74) is 1.13. The minimum Gasteiger partial charge on any atom is -0.379 e. The van der Waals surface area contributed by atoms with Crippen LogP contribution in [0.3, 0.4) is 0 Å². The molecule has 3 rings (SSSR count). The largest absolute Gasteiger partial charge is 0.379 e. The summed E-state index contributed by atoms with van der Waals surface area (Å²) in [5, 5.41) is 1.03. The highest BCUT2D eigenvalue weighted by Gasteiger charge is 2.46. The number of nitrogens with zero attached hydrogens (tertiary/aromatic N) is 1. The van der Waals surface area contributed by atoms with E-state index < -0.39 is 5.54 Å². The highest BCUT2D eigenvalue weighted by Crippen LogP contribution is 2.45. The lowest BCUT2D eigenvalue weighted by Gasteiger charge is -2.44. The van der Waals surface area contributed by atoms with E-state index in [1.807, 2.05) is 26.0 Å². The maximum Gasteiger partial charge on any atom is 0.129 e. The number of hydrogen-bond acceptors (Lipinski definition) is 3. The van der Waals surface area contributed by atoms with E-state index in [1.165, 1.54) is 0 Å². The van der Waals surface area contributed by atoms with E-state index in [2.05, 4.69) is 0 Å². The van der Waals surface area contributed by atoms with Crippen molar-refractivity contribution >= 4 is 16.8 Å². The Morgan fingerprint density at radius 1 is 1.42 bits per heavy atom. The van der Waals surface area contributed by atoms with Gasteiger partial charge in [0.15, 0.2) is 0 Å². The van der Waals surface area contributed by atoms with Gasteiger partial charge in [0, 0.05) is 23.8 Å². The standard InChI is InChI=1S/C15H18FNOS/c1-10-3-4-13(14(16)7-10)15-9-18-6-5-12(15)8-19-11(2)17-15/h3-4,7,12H,5-6,8-9H2,1-2H3. The van der Waals surface area contributed by atoms with E-state index in [9.17, 15) is 4.39 Å². The second kappa shape index (κ2) is 4.91. The number of aliphatic imine (C=N–C) groups is 1. The van der Waals surface area contributed by atoms with Gasteiger partial charge in [-0.3, -0.25) is 4.99 Å². The molecule has 0 aromatic heterocycles. The highest BCUT2D eigenvalue weighted by molar-refractivity contribution is 8.13. The summed E-state index contributed by atoms with van der Waals surface area (Å²) < 4.78 is 20.0. The molecule has 2 aliphatic heterocycles. The Balaban J connectivity index is 2.13. The summed E-state index contributed by atoms with van der Waals surface area (Å²) in [6.45, 7) is 5.17. The fourth-order valence-corrected chi connectivity index (χ4v) is 4.13. The lowest BCUT2D eigenvalue weighted by Crippen LogP contribution is -2.46. The van der Waals surface area contributed by atoms with E-state index in [0.717, 1.165) is 29.4 Å². The first-order chi connectivity index (χ1) is 9.12. The molecule has 2 unspecified atom stereocenters. The zero-order valence-corrected chi connectivity index (χ0v) is 12.1. The van der Waals surface area contributed by atoms with Crippen molar-refractivity contribution in [2.24, 2.45) is 10.9 Å². The third kappa shape index (κ3) is 2.21. The molecule has 1 aromatic rings. The lowest BCUT2D eigenvalue weighted by atomic mass is 9.76. The van der Waals surface area contributed by atoms with Crippen LogP contribution in [0.1, 0.15) is 24.5 Å². The normalized spacial score (nSPS) is 30.7. The molecule has 0 bridgehead atoms. The monoisotopic (exact) mass is 279 g/mol. The van der Waals surface area contributed by atoms with Gasteiger partial charge in [0.25, 0.3) is 0 Å². The van der Waals surface area contributed by atoms with Gasteiger partial charge in [-0.15, -0.1) is 11.8 Å². The molecule has 2 heterocycles. The summed E-state index contributed by atoms with van der Waals surface area (Å²) in [6.07, 6.45) is 0.955. The molecule has 102 valence electrons. The molecule has 0 saturated carbocycles. The average molecular weight is 279 g/mol. The van der Waals surface area contributed by atoms with Crippen LogP contribution in [0.5, 0.6) is 0 Å². The zero-order valence-electron chi connectivity index (χ0n) is 11.3. The van der Waals surface area contributed by atoms with Gasteiger partial charge in [0.2, 0.25) is 0 Å². The quantitative estimate of drug-likeness (QED) is 0.784. The van der Waals surface area contributed by atoms with Gasteiger partial charge in [-0.2, -0.15) is 0 Å². The van der Waals surface area contributed by atoms with Crippen molar-refractivity contribution < 1.29 is 9.13 Å². The molecule has 2 aliphatic rings. The molecule has 0 amide bonds. The smallest absolute Gasteiger partial charge is 0.129 e. The maximum atomic E-state index is 14.4. The van der Waals surface area contributed by atoms with E-state index in [-0.39, 0.29) is 5.82 Å². The van der Waals surface area contributed by atoms with Crippen molar-refractivity contribution in [1.82, 2.24) is 0 Å². The number of fused-ring (bicyclic) bond motifs is 1. The Morgan fingerprint density at radius 3 is 3.05 bits per heavy atom. The molecule has 0 aliphatic carbocycles. The van der Waals surface area contributed by atoms with Gasteiger partial charge >= 0.3 is 0 Å². The van der Waals surface area contributed by atoms with Gasteiger partial charge in [0.1, 0.15) is 11.4 Å². The number of ether oxygens (including phenoxy) is 1. The van der Waals surface area contributed by atoms with E-state index in [0.29, 0.717) is 18.1 Å². The summed E-state index contributed by atoms with van der Waals surface area (Å²) in [7, 11) is 0. The van der Waals surface area contributed by atoms with Crippen LogP contribution >= 0.6 is 11.8 Å². The molecular formula is C15H18FNOS. The topological polar surface area (TPSA) is 21.6 Å². The maximum absolute atomic E-state index is 14.4. The van der Waals surface area contributed by atoms with Crippen LogP contribution in [0.4, 0.5) is 4.39 Å². The minimum absolute atomic E-state index is 0.154. The zero-order chi connectivity index (χ0) is 13.5. The average Bonchev–Trinajstić information content (AvgIpc) is 2.38. The first-order valence-corrected chi connectivity index (χ1v) is 7.64. The van der Waals surface area contributed by atoms with Crippen molar-refractivity contribution in [3.63, 3.8) is 0 Å². The molecule has 0 radical (unpaired) electrons.